The first-order chi connectivity index (χ1) is 10.1. The number of fused-ring (bicyclic) bond motifs is 1. The lowest BCUT2D eigenvalue weighted by atomic mass is 10.3. The Labute approximate surface area is 125 Å². The molecule has 3 rings (SSSR count). The molecule has 0 saturated heterocycles. The molecule has 1 aromatic carbocycles. The highest BCUT2D eigenvalue weighted by atomic mass is 35.5. The molecule has 3 aromatic rings. The maximum Gasteiger partial charge on any atom is 0.272 e. The largest absolute Gasteiger partial charge is 0.341 e. The number of aromatic amines is 1. The SMILES string of the molecule is CC(NC(=O)c1cncc(Cl)n1)c1nc2ccccc2[nH]1. The van der Waals surface area contributed by atoms with Crippen LogP contribution in [0.25, 0.3) is 11.0 Å². The zero-order valence-corrected chi connectivity index (χ0v) is 11.9. The summed E-state index contributed by atoms with van der Waals surface area (Å²) in [6.07, 6.45) is 2.74. The summed E-state index contributed by atoms with van der Waals surface area (Å²) in [4.78, 5) is 27.5. The number of imidazole rings is 1. The van der Waals surface area contributed by atoms with Gasteiger partial charge in [0, 0.05) is 0 Å². The van der Waals surface area contributed by atoms with E-state index in [4.69, 9.17) is 11.6 Å². The van der Waals surface area contributed by atoms with Crippen molar-refractivity contribution in [2.24, 2.45) is 0 Å². The number of aromatic nitrogens is 4. The lowest BCUT2D eigenvalue weighted by Gasteiger charge is -2.10. The highest BCUT2D eigenvalue weighted by Crippen LogP contribution is 2.15. The number of rotatable bonds is 3. The third kappa shape index (κ3) is 2.85. The summed E-state index contributed by atoms with van der Waals surface area (Å²) in [5.41, 5.74) is 1.96. The molecule has 0 radical (unpaired) electrons. The summed E-state index contributed by atoms with van der Waals surface area (Å²) in [6, 6.07) is 7.40. The van der Waals surface area contributed by atoms with Crippen molar-refractivity contribution in [3.8, 4) is 0 Å². The number of nitrogens with zero attached hydrogens (tertiary/aromatic N) is 3. The molecule has 7 heteroatoms. The van der Waals surface area contributed by atoms with Gasteiger partial charge >= 0.3 is 0 Å². The predicted octanol–water partition coefficient (Wildman–Crippen LogP) is 2.50. The standard InChI is InChI=1S/C14H12ClN5O/c1-8(13-19-9-4-2-3-5-10(9)20-13)17-14(21)11-6-16-7-12(15)18-11/h2-8H,1H3,(H,17,21)(H,19,20). The molecule has 0 aliphatic rings. The molecule has 1 unspecified atom stereocenters. The molecule has 0 saturated carbocycles. The van der Waals surface area contributed by atoms with Crippen molar-refractivity contribution in [3.05, 3.63) is 53.3 Å². The Morgan fingerprint density at radius 3 is 2.86 bits per heavy atom. The molecule has 106 valence electrons. The second kappa shape index (κ2) is 5.49. The van der Waals surface area contributed by atoms with E-state index in [9.17, 15) is 4.79 Å². The molecule has 1 atom stereocenters. The van der Waals surface area contributed by atoms with Crippen LogP contribution in [-0.2, 0) is 0 Å². The van der Waals surface area contributed by atoms with E-state index in [0.717, 1.165) is 11.0 Å². The Kier molecular flexibility index (Phi) is 3.53. The van der Waals surface area contributed by atoms with Crippen LogP contribution in [0.4, 0.5) is 0 Å². The first kappa shape index (κ1) is 13.5. The zero-order chi connectivity index (χ0) is 14.8. The monoisotopic (exact) mass is 301 g/mol. The van der Waals surface area contributed by atoms with Crippen molar-refractivity contribution >= 4 is 28.5 Å². The minimum atomic E-state index is -0.349. The Morgan fingerprint density at radius 2 is 2.10 bits per heavy atom. The van der Waals surface area contributed by atoms with E-state index in [2.05, 4.69) is 25.3 Å². The number of para-hydroxylation sites is 2. The van der Waals surface area contributed by atoms with Gasteiger partial charge in [-0.25, -0.2) is 9.97 Å². The molecule has 0 aliphatic heterocycles. The topological polar surface area (TPSA) is 83.6 Å². The summed E-state index contributed by atoms with van der Waals surface area (Å²) in [7, 11) is 0. The molecule has 0 spiro atoms. The van der Waals surface area contributed by atoms with Crippen LogP contribution in [0.3, 0.4) is 0 Å². The van der Waals surface area contributed by atoms with Crippen molar-refractivity contribution < 1.29 is 4.79 Å². The Morgan fingerprint density at radius 1 is 1.29 bits per heavy atom. The minimum Gasteiger partial charge on any atom is -0.341 e. The van der Waals surface area contributed by atoms with E-state index in [1.807, 2.05) is 31.2 Å². The van der Waals surface area contributed by atoms with Crippen LogP contribution < -0.4 is 5.32 Å². The number of hydrogen-bond donors (Lipinski definition) is 2. The third-order valence-electron chi connectivity index (χ3n) is 3.00. The van der Waals surface area contributed by atoms with Crippen molar-refractivity contribution in [2.45, 2.75) is 13.0 Å². The van der Waals surface area contributed by atoms with Crippen LogP contribution in [0.5, 0.6) is 0 Å². The van der Waals surface area contributed by atoms with E-state index in [1.165, 1.54) is 12.4 Å². The second-order valence-electron chi connectivity index (χ2n) is 4.56. The average molecular weight is 302 g/mol. The number of amides is 1. The molecule has 6 nitrogen and oxygen atoms in total. The van der Waals surface area contributed by atoms with E-state index < -0.39 is 0 Å². The van der Waals surface area contributed by atoms with Gasteiger partial charge in [0.1, 0.15) is 16.7 Å². The summed E-state index contributed by atoms with van der Waals surface area (Å²) < 4.78 is 0. The third-order valence-corrected chi connectivity index (χ3v) is 3.19. The first-order valence-corrected chi connectivity index (χ1v) is 6.74. The summed E-state index contributed by atoms with van der Waals surface area (Å²) in [5.74, 6) is 0.331. The van der Waals surface area contributed by atoms with Gasteiger partial charge in [-0.1, -0.05) is 23.7 Å². The molecular formula is C14H12ClN5O. The quantitative estimate of drug-likeness (QED) is 0.778. The fourth-order valence-corrected chi connectivity index (χ4v) is 2.12. The van der Waals surface area contributed by atoms with Crippen molar-refractivity contribution in [1.82, 2.24) is 25.3 Å². The van der Waals surface area contributed by atoms with E-state index >= 15 is 0 Å². The summed E-state index contributed by atoms with van der Waals surface area (Å²) in [6.45, 7) is 1.84. The van der Waals surface area contributed by atoms with Crippen molar-refractivity contribution in [1.29, 1.82) is 0 Å². The molecule has 0 fully saturated rings. The number of H-pyrrole nitrogens is 1. The smallest absolute Gasteiger partial charge is 0.272 e. The second-order valence-corrected chi connectivity index (χ2v) is 4.95. The van der Waals surface area contributed by atoms with Crippen molar-refractivity contribution in [3.63, 3.8) is 0 Å². The maximum atomic E-state index is 12.1. The number of halogens is 1. The van der Waals surface area contributed by atoms with Crippen LogP contribution >= 0.6 is 11.6 Å². The van der Waals surface area contributed by atoms with Gasteiger partial charge in [0.2, 0.25) is 0 Å². The molecular weight excluding hydrogens is 290 g/mol. The Balaban J connectivity index is 1.79. The van der Waals surface area contributed by atoms with Gasteiger partial charge in [0.15, 0.2) is 0 Å². The molecule has 21 heavy (non-hydrogen) atoms. The Hall–Kier alpha value is -2.47. The van der Waals surface area contributed by atoms with Gasteiger partial charge in [-0.2, -0.15) is 0 Å². The van der Waals surface area contributed by atoms with Crippen molar-refractivity contribution in [2.75, 3.05) is 0 Å². The molecule has 2 heterocycles. The van der Waals surface area contributed by atoms with Crippen LogP contribution in [0.15, 0.2) is 36.7 Å². The van der Waals surface area contributed by atoms with E-state index in [1.54, 1.807) is 0 Å². The van der Waals surface area contributed by atoms with E-state index in [0.29, 0.717) is 5.82 Å². The van der Waals surface area contributed by atoms with Gasteiger partial charge in [0.25, 0.3) is 5.91 Å². The number of nitrogens with one attached hydrogen (secondary N) is 2. The van der Waals surface area contributed by atoms with Gasteiger partial charge in [-0.15, -0.1) is 0 Å². The Bertz CT molecular complexity index is 768. The maximum absolute atomic E-state index is 12.1. The summed E-state index contributed by atoms with van der Waals surface area (Å²) >= 11 is 5.72. The lowest BCUT2D eigenvalue weighted by molar-refractivity contribution is 0.0933. The molecule has 1 amide bonds. The summed E-state index contributed by atoms with van der Waals surface area (Å²) in [5, 5.41) is 2.99. The number of carbonyl (C=O) groups is 1. The van der Waals surface area contributed by atoms with Crippen LogP contribution in [0.2, 0.25) is 5.15 Å². The van der Waals surface area contributed by atoms with Gasteiger partial charge in [0.05, 0.1) is 29.5 Å². The lowest BCUT2D eigenvalue weighted by Crippen LogP contribution is -2.28. The van der Waals surface area contributed by atoms with E-state index in [-0.39, 0.29) is 22.8 Å². The molecule has 2 aromatic heterocycles. The molecule has 0 bridgehead atoms. The predicted molar refractivity (Wildman–Crippen MR) is 79.0 cm³/mol. The fraction of sp³-hybridized carbons (Fsp3) is 0.143. The number of carbonyl (C=O) groups excluding carboxylic acids is 1. The number of hydrogen-bond acceptors (Lipinski definition) is 4. The highest BCUT2D eigenvalue weighted by molar-refractivity contribution is 6.29. The van der Waals surface area contributed by atoms with Crippen LogP contribution in [0.1, 0.15) is 29.3 Å². The normalized spacial score (nSPS) is 12.3. The van der Waals surface area contributed by atoms with Crippen LogP contribution in [0, 0.1) is 0 Å². The minimum absolute atomic E-state index is 0.172. The fourth-order valence-electron chi connectivity index (χ4n) is 1.97. The van der Waals surface area contributed by atoms with Gasteiger partial charge in [-0.3, -0.25) is 9.78 Å². The molecule has 2 N–H and O–H groups in total. The van der Waals surface area contributed by atoms with Gasteiger partial charge < -0.3 is 10.3 Å². The zero-order valence-electron chi connectivity index (χ0n) is 11.2. The average Bonchev–Trinajstić information content (AvgIpc) is 2.91. The number of benzene rings is 1. The highest BCUT2D eigenvalue weighted by Gasteiger charge is 2.16. The van der Waals surface area contributed by atoms with Crippen LogP contribution in [-0.4, -0.2) is 25.8 Å². The first-order valence-electron chi connectivity index (χ1n) is 6.36. The molecule has 0 aliphatic carbocycles. The van der Waals surface area contributed by atoms with Gasteiger partial charge in [-0.05, 0) is 19.1 Å².